The molecule has 0 saturated heterocycles. The summed E-state index contributed by atoms with van der Waals surface area (Å²) in [6, 6.07) is 4.82. The topological polar surface area (TPSA) is 54.4 Å². The summed E-state index contributed by atoms with van der Waals surface area (Å²) in [5, 5.41) is 8.85. The second-order valence-electron chi connectivity index (χ2n) is 4.58. The maximum atomic E-state index is 11.9. The van der Waals surface area contributed by atoms with Gasteiger partial charge in [0.15, 0.2) is 0 Å². The zero-order valence-electron chi connectivity index (χ0n) is 10.5. The summed E-state index contributed by atoms with van der Waals surface area (Å²) in [4.78, 5) is 10.8. The highest BCUT2D eigenvalue weighted by atomic mass is 79.9. The van der Waals surface area contributed by atoms with Gasteiger partial charge in [-0.25, -0.2) is 4.79 Å². The van der Waals surface area contributed by atoms with Gasteiger partial charge >= 0.3 is 5.97 Å². The van der Waals surface area contributed by atoms with E-state index in [9.17, 15) is 9.00 Å². The maximum Gasteiger partial charge on any atom is 0.335 e. The molecule has 0 bridgehead atoms. The molecule has 0 aliphatic rings. The van der Waals surface area contributed by atoms with E-state index in [0.717, 1.165) is 12.0 Å². The van der Waals surface area contributed by atoms with Crippen molar-refractivity contribution in [1.29, 1.82) is 0 Å². The van der Waals surface area contributed by atoms with Crippen LogP contribution in [0, 0.1) is 5.92 Å². The number of hydrogen-bond acceptors (Lipinski definition) is 2. The van der Waals surface area contributed by atoms with Crippen molar-refractivity contribution >= 4 is 32.7 Å². The van der Waals surface area contributed by atoms with Crippen LogP contribution in [0.1, 0.15) is 36.2 Å². The Bertz CT molecular complexity index is 458. The van der Waals surface area contributed by atoms with E-state index in [-0.39, 0.29) is 5.56 Å². The lowest BCUT2D eigenvalue weighted by atomic mass is 10.1. The first-order valence-corrected chi connectivity index (χ1v) is 8.05. The van der Waals surface area contributed by atoms with Crippen LogP contribution < -0.4 is 0 Å². The predicted molar refractivity (Wildman–Crippen MR) is 77.3 cm³/mol. The molecular weight excluding hydrogens is 316 g/mol. The molecule has 1 unspecified atom stereocenters. The molecule has 0 aliphatic heterocycles. The molecule has 1 N–H and O–H groups in total. The molecule has 0 saturated carbocycles. The van der Waals surface area contributed by atoms with Crippen LogP contribution in [0.4, 0.5) is 0 Å². The van der Waals surface area contributed by atoms with Crippen molar-refractivity contribution in [2.24, 2.45) is 5.92 Å². The monoisotopic (exact) mass is 332 g/mol. The van der Waals surface area contributed by atoms with Gasteiger partial charge in [-0.2, -0.15) is 0 Å². The van der Waals surface area contributed by atoms with Crippen LogP contribution >= 0.6 is 15.9 Å². The lowest BCUT2D eigenvalue weighted by Crippen LogP contribution is -2.05. The molecule has 0 amide bonds. The lowest BCUT2D eigenvalue weighted by Gasteiger charge is -2.07. The molecule has 0 aliphatic carbocycles. The minimum atomic E-state index is -0.955. The number of aromatic carboxylic acids is 1. The van der Waals surface area contributed by atoms with Gasteiger partial charge in [-0.15, -0.1) is 0 Å². The van der Waals surface area contributed by atoms with Crippen LogP contribution in [0.15, 0.2) is 22.7 Å². The maximum absolute atomic E-state index is 11.9. The first-order valence-electron chi connectivity index (χ1n) is 5.77. The van der Waals surface area contributed by atoms with Gasteiger partial charge in [0.2, 0.25) is 0 Å². The Morgan fingerprint density at radius 1 is 1.44 bits per heavy atom. The molecule has 3 nitrogen and oxygen atoms in total. The summed E-state index contributed by atoms with van der Waals surface area (Å²) in [6.07, 6.45) is 0.942. The number of carboxylic acids is 1. The second kappa shape index (κ2) is 7.04. The fourth-order valence-electron chi connectivity index (χ4n) is 1.41. The van der Waals surface area contributed by atoms with E-state index >= 15 is 0 Å². The number of carbonyl (C=O) groups is 1. The summed E-state index contributed by atoms with van der Waals surface area (Å²) in [5.41, 5.74) is 1.13. The van der Waals surface area contributed by atoms with Crippen molar-refractivity contribution in [1.82, 2.24) is 0 Å². The van der Waals surface area contributed by atoms with Gasteiger partial charge in [0, 0.05) is 26.8 Å². The van der Waals surface area contributed by atoms with Gasteiger partial charge in [0.1, 0.15) is 0 Å². The Morgan fingerprint density at radius 2 is 2.11 bits per heavy atom. The molecule has 0 fully saturated rings. The van der Waals surface area contributed by atoms with Gasteiger partial charge in [0.25, 0.3) is 0 Å². The van der Waals surface area contributed by atoms with Crippen molar-refractivity contribution in [2.75, 3.05) is 5.75 Å². The van der Waals surface area contributed by atoms with Gasteiger partial charge in [-0.3, -0.25) is 4.21 Å². The van der Waals surface area contributed by atoms with E-state index in [1.807, 2.05) is 0 Å². The van der Waals surface area contributed by atoms with E-state index < -0.39 is 16.8 Å². The summed E-state index contributed by atoms with van der Waals surface area (Å²) in [6.45, 7) is 4.21. The summed E-state index contributed by atoms with van der Waals surface area (Å²) >= 11 is 3.33. The average molecular weight is 333 g/mol. The summed E-state index contributed by atoms with van der Waals surface area (Å²) in [5.74, 6) is 0.743. The fraction of sp³-hybridized carbons (Fsp3) is 0.462. The van der Waals surface area contributed by atoms with Gasteiger partial charge in [-0.1, -0.05) is 35.8 Å². The second-order valence-corrected chi connectivity index (χ2v) is 7.01. The number of rotatable bonds is 6. The van der Waals surface area contributed by atoms with Crippen LogP contribution in [-0.2, 0) is 16.6 Å². The predicted octanol–water partition coefficient (Wildman–Crippen LogP) is 3.44. The zero-order chi connectivity index (χ0) is 13.7. The van der Waals surface area contributed by atoms with Crippen molar-refractivity contribution < 1.29 is 14.1 Å². The van der Waals surface area contributed by atoms with Crippen molar-refractivity contribution in [2.45, 2.75) is 26.0 Å². The zero-order valence-corrected chi connectivity index (χ0v) is 12.9. The molecule has 0 radical (unpaired) electrons. The highest BCUT2D eigenvalue weighted by Crippen LogP contribution is 2.20. The quantitative estimate of drug-likeness (QED) is 0.868. The van der Waals surface area contributed by atoms with E-state index in [4.69, 9.17) is 5.11 Å². The van der Waals surface area contributed by atoms with Gasteiger partial charge < -0.3 is 5.11 Å². The van der Waals surface area contributed by atoms with Crippen molar-refractivity contribution in [3.05, 3.63) is 33.8 Å². The third-order valence-electron chi connectivity index (χ3n) is 2.54. The third kappa shape index (κ3) is 4.90. The SMILES string of the molecule is CC(C)CCS(=O)Cc1ccc(C(=O)O)cc1Br. The summed E-state index contributed by atoms with van der Waals surface area (Å²) < 4.78 is 12.6. The molecule has 0 heterocycles. The number of halogens is 1. The molecule has 1 atom stereocenters. The molecular formula is C13H17BrO3S. The minimum absolute atomic E-state index is 0.235. The molecule has 1 rings (SSSR count). The van der Waals surface area contributed by atoms with Gasteiger partial charge in [-0.05, 0) is 30.0 Å². The highest BCUT2D eigenvalue weighted by Gasteiger charge is 2.09. The molecule has 1 aromatic rings. The van der Waals surface area contributed by atoms with E-state index in [2.05, 4.69) is 29.8 Å². The smallest absolute Gasteiger partial charge is 0.335 e. The molecule has 100 valence electrons. The molecule has 0 aromatic heterocycles. The number of hydrogen-bond donors (Lipinski definition) is 1. The Hall–Kier alpha value is -0.680. The first-order chi connectivity index (χ1) is 8.40. The highest BCUT2D eigenvalue weighted by molar-refractivity contribution is 9.10. The van der Waals surface area contributed by atoms with Crippen molar-refractivity contribution in [3.8, 4) is 0 Å². The molecule has 5 heteroatoms. The Kier molecular flexibility index (Phi) is 6.02. The van der Waals surface area contributed by atoms with E-state index in [0.29, 0.717) is 21.9 Å². The standard InChI is InChI=1S/C13H17BrO3S/c1-9(2)5-6-18(17)8-11-4-3-10(13(15)16)7-12(11)14/h3-4,7,9H,5-6,8H2,1-2H3,(H,15,16). The van der Waals surface area contributed by atoms with Crippen LogP contribution in [0.2, 0.25) is 0 Å². The first kappa shape index (κ1) is 15.4. The Balaban J connectivity index is 2.68. The third-order valence-corrected chi connectivity index (χ3v) is 4.60. The minimum Gasteiger partial charge on any atom is -0.478 e. The number of benzene rings is 1. The Labute approximate surface area is 118 Å². The number of carboxylic acid groups (broad SMARTS) is 1. The largest absolute Gasteiger partial charge is 0.478 e. The van der Waals surface area contributed by atoms with Crippen LogP contribution in [0.25, 0.3) is 0 Å². The Morgan fingerprint density at radius 3 is 2.61 bits per heavy atom. The van der Waals surface area contributed by atoms with Crippen LogP contribution in [0.5, 0.6) is 0 Å². The summed E-state index contributed by atoms with van der Waals surface area (Å²) in [7, 11) is -0.897. The average Bonchev–Trinajstić information content (AvgIpc) is 2.29. The van der Waals surface area contributed by atoms with E-state index in [1.165, 1.54) is 0 Å². The molecule has 18 heavy (non-hydrogen) atoms. The van der Waals surface area contributed by atoms with Crippen LogP contribution in [0.3, 0.4) is 0 Å². The lowest BCUT2D eigenvalue weighted by molar-refractivity contribution is 0.0697. The van der Waals surface area contributed by atoms with Gasteiger partial charge in [0.05, 0.1) is 5.56 Å². The van der Waals surface area contributed by atoms with Crippen molar-refractivity contribution in [3.63, 3.8) is 0 Å². The van der Waals surface area contributed by atoms with Crippen LogP contribution in [-0.4, -0.2) is 21.0 Å². The molecule has 1 aromatic carbocycles. The van der Waals surface area contributed by atoms with E-state index in [1.54, 1.807) is 18.2 Å². The normalized spacial score (nSPS) is 12.7. The fourth-order valence-corrected chi connectivity index (χ4v) is 3.59. The molecule has 0 spiro atoms.